The summed E-state index contributed by atoms with van der Waals surface area (Å²) in [4.78, 5) is 35.2. The fraction of sp³-hybridized carbons (Fsp3) is 0.842. The van der Waals surface area contributed by atoms with E-state index in [-0.39, 0.29) is 23.8 Å². The summed E-state index contributed by atoms with van der Waals surface area (Å²) in [6.07, 6.45) is 1.69. The number of carboxylic acid groups (broad SMARTS) is 1. The van der Waals surface area contributed by atoms with Gasteiger partial charge >= 0.3 is 18.0 Å². The van der Waals surface area contributed by atoms with Gasteiger partial charge in [-0.2, -0.15) is 11.8 Å². The zero-order valence-corrected chi connectivity index (χ0v) is 18.5. The minimum Gasteiger partial charge on any atom is -0.480 e. The van der Waals surface area contributed by atoms with E-state index in [1.54, 1.807) is 20.8 Å². The molecule has 162 valence electrons. The molecule has 1 saturated heterocycles. The Morgan fingerprint density at radius 2 is 1.71 bits per heavy atom. The molecule has 1 amide bonds. The topological polar surface area (TPSA) is 114 Å². The van der Waals surface area contributed by atoms with Gasteiger partial charge in [0.2, 0.25) is 0 Å². The molecule has 0 spiro atoms. The maximum atomic E-state index is 12.1. The Bertz CT molecular complexity index is 556. The van der Waals surface area contributed by atoms with Gasteiger partial charge in [0, 0.05) is 11.8 Å². The minimum atomic E-state index is -1.10. The van der Waals surface area contributed by atoms with Crippen LogP contribution in [0.4, 0.5) is 4.79 Å². The maximum Gasteiger partial charge on any atom is 0.408 e. The van der Waals surface area contributed by atoms with Crippen LogP contribution in [-0.4, -0.2) is 64.0 Å². The van der Waals surface area contributed by atoms with Crippen LogP contribution in [0.25, 0.3) is 0 Å². The Hall–Kier alpha value is -1.48. The lowest BCUT2D eigenvalue weighted by Gasteiger charge is -2.22. The molecular weight excluding hydrogens is 384 g/mol. The maximum absolute atomic E-state index is 12.1. The third-order valence-corrected chi connectivity index (χ3v) is 4.91. The van der Waals surface area contributed by atoms with E-state index in [9.17, 15) is 19.5 Å². The Morgan fingerprint density at radius 3 is 2.25 bits per heavy atom. The number of rotatable bonds is 8. The van der Waals surface area contributed by atoms with Crippen molar-refractivity contribution in [1.29, 1.82) is 0 Å². The van der Waals surface area contributed by atoms with Crippen LogP contribution in [-0.2, 0) is 19.1 Å². The molecule has 3 N–H and O–H groups in total. The molecule has 0 saturated carbocycles. The van der Waals surface area contributed by atoms with Gasteiger partial charge in [-0.25, -0.2) is 9.59 Å². The lowest BCUT2D eigenvalue weighted by atomic mass is 10.1. The van der Waals surface area contributed by atoms with Gasteiger partial charge in [0.25, 0.3) is 0 Å². The van der Waals surface area contributed by atoms with E-state index < -0.39 is 29.3 Å². The van der Waals surface area contributed by atoms with Gasteiger partial charge in [0.1, 0.15) is 23.3 Å². The molecular formula is C19H34N2O6S. The summed E-state index contributed by atoms with van der Waals surface area (Å²) >= 11 is 1.45. The minimum absolute atomic E-state index is 0.201. The summed E-state index contributed by atoms with van der Waals surface area (Å²) in [7, 11) is 0. The van der Waals surface area contributed by atoms with Crippen molar-refractivity contribution < 1.29 is 29.0 Å². The number of hydrogen-bond acceptors (Lipinski definition) is 7. The molecule has 0 aromatic heterocycles. The molecule has 1 fully saturated rings. The number of amides is 1. The number of carbonyl (C=O) groups is 3. The molecule has 3 atom stereocenters. The molecule has 0 bridgehead atoms. The van der Waals surface area contributed by atoms with Gasteiger partial charge < -0.3 is 25.2 Å². The third kappa shape index (κ3) is 10.2. The van der Waals surface area contributed by atoms with Crippen LogP contribution in [0, 0.1) is 0 Å². The largest absolute Gasteiger partial charge is 0.480 e. The predicted octanol–water partition coefficient (Wildman–Crippen LogP) is 2.55. The highest BCUT2D eigenvalue weighted by Gasteiger charge is 2.32. The van der Waals surface area contributed by atoms with Crippen molar-refractivity contribution in [2.45, 2.75) is 90.1 Å². The first-order valence-electron chi connectivity index (χ1n) is 9.56. The Labute approximate surface area is 171 Å². The van der Waals surface area contributed by atoms with E-state index in [1.165, 1.54) is 11.8 Å². The van der Waals surface area contributed by atoms with Gasteiger partial charge in [0.15, 0.2) is 0 Å². The smallest absolute Gasteiger partial charge is 0.408 e. The quantitative estimate of drug-likeness (QED) is 0.407. The van der Waals surface area contributed by atoms with Crippen LogP contribution >= 0.6 is 11.8 Å². The number of thioether (sulfide) groups is 1. The highest BCUT2D eigenvalue weighted by Crippen LogP contribution is 2.20. The lowest BCUT2D eigenvalue weighted by Crippen LogP contribution is -2.45. The average Bonchev–Trinajstić information content (AvgIpc) is 2.95. The number of ether oxygens (including phenoxy) is 2. The SMILES string of the molecule is CC(C)(C)OC(=O)NC(CSCC[C@H]1CC[C@@H](C(=O)OC(C)(C)C)N1)C(=O)O. The molecule has 8 nitrogen and oxygen atoms in total. The summed E-state index contributed by atoms with van der Waals surface area (Å²) in [6, 6.07) is -1.09. The average molecular weight is 419 g/mol. The first kappa shape index (κ1) is 24.6. The van der Waals surface area contributed by atoms with E-state index in [1.807, 2.05) is 20.8 Å². The molecule has 9 heteroatoms. The first-order chi connectivity index (χ1) is 12.8. The Kier molecular flexibility index (Phi) is 9.07. The van der Waals surface area contributed by atoms with Crippen molar-refractivity contribution in [3.05, 3.63) is 0 Å². The fourth-order valence-corrected chi connectivity index (χ4v) is 3.74. The standard InChI is InChI=1S/C19H34N2O6S/c1-18(2,3)26-16(24)13-8-7-12(20-13)9-10-28-11-14(15(22)23)21-17(25)27-19(4,5)6/h12-14,20H,7-11H2,1-6H3,(H,21,25)(H,22,23)/t12-,13+,14?/m1/s1. The van der Waals surface area contributed by atoms with Gasteiger partial charge in [-0.05, 0) is 66.6 Å². The van der Waals surface area contributed by atoms with Crippen LogP contribution in [0.1, 0.15) is 60.8 Å². The van der Waals surface area contributed by atoms with E-state index in [4.69, 9.17) is 9.47 Å². The first-order valence-corrected chi connectivity index (χ1v) is 10.7. The predicted molar refractivity (Wildman–Crippen MR) is 109 cm³/mol. The molecule has 1 unspecified atom stereocenters. The Balaban J connectivity index is 2.32. The number of carbonyl (C=O) groups excluding carboxylic acids is 2. The lowest BCUT2D eigenvalue weighted by molar-refractivity contribution is -0.157. The summed E-state index contributed by atoms with van der Waals surface area (Å²) in [5.74, 6) is -0.354. The summed E-state index contributed by atoms with van der Waals surface area (Å²) in [5, 5.41) is 14.9. The van der Waals surface area contributed by atoms with Gasteiger partial charge in [-0.3, -0.25) is 4.79 Å². The fourth-order valence-electron chi connectivity index (χ4n) is 2.66. The molecule has 1 aliphatic rings. The van der Waals surface area contributed by atoms with Crippen molar-refractivity contribution in [2.24, 2.45) is 0 Å². The summed E-state index contributed by atoms with van der Waals surface area (Å²) < 4.78 is 10.5. The molecule has 1 rings (SSSR count). The second-order valence-electron chi connectivity index (χ2n) is 8.93. The number of aliphatic carboxylic acids is 1. The number of nitrogens with one attached hydrogen (secondary N) is 2. The zero-order valence-electron chi connectivity index (χ0n) is 17.7. The molecule has 0 aromatic rings. The van der Waals surface area contributed by atoms with Gasteiger partial charge in [-0.15, -0.1) is 0 Å². The third-order valence-electron chi connectivity index (χ3n) is 3.82. The number of esters is 1. The zero-order chi connectivity index (χ0) is 21.5. The highest BCUT2D eigenvalue weighted by atomic mass is 32.2. The molecule has 0 aromatic carbocycles. The van der Waals surface area contributed by atoms with E-state index >= 15 is 0 Å². The van der Waals surface area contributed by atoms with Crippen molar-refractivity contribution in [3.8, 4) is 0 Å². The van der Waals surface area contributed by atoms with Gasteiger partial charge in [0.05, 0.1) is 0 Å². The number of alkyl carbamates (subject to hydrolysis) is 1. The van der Waals surface area contributed by atoms with Crippen molar-refractivity contribution >= 4 is 29.8 Å². The van der Waals surface area contributed by atoms with Crippen LogP contribution in [0.2, 0.25) is 0 Å². The van der Waals surface area contributed by atoms with E-state index in [0.717, 1.165) is 25.0 Å². The molecule has 1 heterocycles. The monoisotopic (exact) mass is 418 g/mol. The second kappa shape index (κ2) is 10.3. The van der Waals surface area contributed by atoms with Crippen LogP contribution < -0.4 is 10.6 Å². The van der Waals surface area contributed by atoms with Crippen molar-refractivity contribution in [2.75, 3.05) is 11.5 Å². The summed E-state index contributed by atoms with van der Waals surface area (Å²) in [5.41, 5.74) is -1.18. The van der Waals surface area contributed by atoms with E-state index in [2.05, 4.69) is 10.6 Å². The highest BCUT2D eigenvalue weighted by molar-refractivity contribution is 7.99. The van der Waals surface area contributed by atoms with Crippen LogP contribution in [0.3, 0.4) is 0 Å². The molecule has 0 radical (unpaired) electrons. The van der Waals surface area contributed by atoms with Crippen LogP contribution in [0.15, 0.2) is 0 Å². The van der Waals surface area contributed by atoms with Gasteiger partial charge in [-0.1, -0.05) is 0 Å². The van der Waals surface area contributed by atoms with E-state index in [0.29, 0.717) is 0 Å². The number of carboxylic acids is 1. The van der Waals surface area contributed by atoms with Crippen LogP contribution in [0.5, 0.6) is 0 Å². The normalized spacial score (nSPS) is 21.1. The Morgan fingerprint density at radius 1 is 1.11 bits per heavy atom. The summed E-state index contributed by atoms with van der Waals surface area (Å²) in [6.45, 7) is 10.7. The molecule has 28 heavy (non-hydrogen) atoms. The van der Waals surface area contributed by atoms with Crippen molar-refractivity contribution in [1.82, 2.24) is 10.6 Å². The van der Waals surface area contributed by atoms with Crippen molar-refractivity contribution in [3.63, 3.8) is 0 Å². The second-order valence-corrected chi connectivity index (χ2v) is 10.1. The number of hydrogen-bond donors (Lipinski definition) is 3. The molecule has 1 aliphatic heterocycles. The molecule has 0 aliphatic carbocycles.